The number of carbonyl (C=O) groups is 2. The first-order chi connectivity index (χ1) is 15.3. The van der Waals surface area contributed by atoms with Crippen molar-refractivity contribution >= 4 is 37.9 Å². The van der Waals surface area contributed by atoms with Gasteiger partial charge in [0.2, 0.25) is 26.6 Å². The maximum atomic E-state index is 13.3. The molecular weight excluding hydrogens is 430 g/mol. The van der Waals surface area contributed by atoms with E-state index in [0.717, 1.165) is 0 Å². The zero-order chi connectivity index (χ0) is 23.1. The molecule has 3 aromatic rings. The minimum Gasteiger partial charge on any atom is -0.497 e. The van der Waals surface area contributed by atoms with Gasteiger partial charge in [-0.2, -0.15) is 5.10 Å². The van der Waals surface area contributed by atoms with E-state index >= 15 is 0 Å². The summed E-state index contributed by atoms with van der Waals surface area (Å²) >= 11 is 0. The van der Waals surface area contributed by atoms with Crippen molar-refractivity contribution in [3.05, 3.63) is 84.4 Å². The van der Waals surface area contributed by atoms with Crippen LogP contribution in [0.3, 0.4) is 0 Å². The standard InChI is InChI=1S/C23H21N3O5S/c1-16(27)24-18-10-14-21(15-11-18)32(29,30)23(22(28)17-6-4-3-5-7-17)26-25-19-8-12-20(31-2)13-9-19/h3-15,25H,1-2H3,(H,24,27). The number of hydrogen-bond acceptors (Lipinski definition) is 7. The van der Waals surface area contributed by atoms with Crippen LogP contribution in [0.2, 0.25) is 0 Å². The van der Waals surface area contributed by atoms with Crippen molar-refractivity contribution in [2.45, 2.75) is 11.8 Å². The van der Waals surface area contributed by atoms with Crippen LogP contribution in [0.5, 0.6) is 5.75 Å². The van der Waals surface area contributed by atoms with Crippen molar-refractivity contribution in [1.82, 2.24) is 0 Å². The number of ether oxygens (including phenoxy) is 1. The van der Waals surface area contributed by atoms with Gasteiger partial charge in [0.05, 0.1) is 17.7 Å². The average molecular weight is 452 g/mol. The van der Waals surface area contributed by atoms with Gasteiger partial charge < -0.3 is 10.1 Å². The monoisotopic (exact) mass is 451 g/mol. The van der Waals surface area contributed by atoms with Gasteiger partial charge in [-0.05, 0) is 48.5 Å². The van der Waals surface area contributed by atoms with Crippen LogP contribution in [0, 0.1) is 0 Å². The highest BCUT2D eigenvalue weighted by Gasteiger charge is 2.30. The zero-order valence-corrected chi connectivity index (χ0v) is 18.2. The third-order valence-corrected chi connectivity index (χ3v) is 6.02. The molecule has 0 saturated carbocycles. The molecule has 0 aromatic heterocycles. The number of nitrogens with one attached hydrogen (secondary N) is 2. The van der Waals surface area contributed by atoms with E-state index in [-0.39, 0.29) is 16.4 Å². The molecule has 32 heavy (non-hydrogen) atoms. The van der Waals surface area contributed by atoms with E-state index in [4.69, 9.17) is 4.74 Å². The fourth-order valence-corrected chi connectivity index (χ4v) is 4.00. The van der Waals surface area contributed by atoms with Crippen LogP contribution in [0.15, 0.2) is 88.9 Å². The molecule has 8 nitrogen and oxygen atoms in total. The Bertz CT molecular complexity index is 1240. The molecule has 0 aliphatic carbocycles. The second kappa shape index (κ2) is 9.88. The highest BCUT2D eigenvalue weighted by atomic mass is 32.2. The van der Waals surface area contributed by atoms with Gasteiger partial charge >= 0.3 is 0 Å². The first kappa shape index (κ1) is 22.7. The number of nitrogens with zero attached hydrogens (tertiary/aromatic N) is 1. The quantitative estimate of drug-likeness (QED) is 0.245. The lowest BCUT2D eigenvalue weighted by molar-refractivity contribution is -0.114. The van der Waals surface area contributed by atoms with Crippen molar-refractivity contribution in [2.75, 3.05) is 17.9 Å². The lowest BCUT2D eigenvalue weighted by Crippen LogP contribution is -2.26. The summed E-state index contributed by atoms with van der Waals surface area (Å²) in [6, 6.07) is 20.1. The van der Waals surface area contributed by atoms with Crippen LogP contribution < -0.4 is 15.5 Å². The second-order valence-electron chi connectivity index (χ2n) is 6.66. The molecule has 0 atom stereocenters. The molecule has 0 bridgehead atoms. The summed E-state index contributed by atoms with van der Waals surface area (Å²) in [6.07, 6.45) is 0. The first-order valence-electron chi connectivity index (χ1n) is 9.51. The fourth-order valence-electron chi connectivity index (χ4n) is 2.76. The Kier molecular flexibility index (Phi) is 7.01. The van der Waals surface area contributed by atoms with Gasteiger partial charge in [-0.25, -0.2) is 8.42 Å². The predicted octanol–water partition coefficient (Wildman–Crippen LogP) is 3.74. The van der Waals surface area contributed by atoms with E-state index in [1.54, 1.807) is 42.5 Å². The predicted molar refractivity (Wildman–Crippen MR) is 123 cm³/mol. The molecule has 1 amide bonds. The third kappa shape index (κ3) is 5.38. The summed E-state index contributed by atoms with van der Waals surface area (Å²) in [5.41, 5.74) is 3.72. The number of carbonyl (C=O) groups excluding carboxylic acids is 2. The molecule has 2 N–H and O–H groups in total. The van der Waals surface area contributed by atoms with Crippen molar-refractivity contribution in [2.24, 2.45) is 5.10 Å². The van der Waals surface area contributed by atoms with E-state index in [0.29, 0.717) is 17.1 Å². The van der Waals surface area contributed by atoms with E-state index in [1.807, 2.05) is 0 Å². The maximum absolute atomic E-state index is 13.3. The van der Waals surface area contributed by atoms with E-state index in [1.165, 1.54) is 50.4 Å². The number of methoxy groups -OCH3 is 1. The van der Waals surface area contributed by atoms with Gasteiger partial charge in [0.25, 0.3) is 0 Å². The number of benzene rings is 3. The number of anilines is 2. The van der Waals surface area contributed by atoms with Crippen LogP contribution in [-0.2, 0) is 14.6 Å². The molecule has 0 unspecified atom stereocenters. The summed E-state index contributed by atoms with van der Waals surface area (Å²) in [7, 11) is -2.75. The molecule has 0 radical (unpaired) electrons. The summed E-state index contributed by atoms with van der Waals surface area (Å²) in [5.74, 6) is -0.421. The summed E-state index contributed by atoms with van der Waals surface area (Å²) in [6.45, 7) is 1.35. The summed E-state index contributed by atoms with van der Waals surface area (Å²) < 4.78 is 31.7. The SMILES string of the molecule is COc1ccc(NN=C(C(=O)c2ccccc2)S(=O)(=O)c2ccc(NC(C)=O)cc2)cc1. The van der Waals surface area contributed by atoms with Crippen molar-refractivity contribution in [3.8, 4) is 5.75 Å². The Hall–Kier alpha value is -3.98. The third-order valence-electron chi connectivity index (χ3n) is 4.35. The Labute approximate surface area is 185 Å². The molecule has 0 heterocycles. The Balaban J connectivity index is 2.00. The van der Waals surface area contributed by atoms with Crippen LogP contribution in [0.1, 0.15) is 17.3 Å². The highest BCUT2D eigenvalue weighted by Crippen LogP contribution is 2.20. The smallest absolute Gasteiger partial charge is 0.229 e. The van der Waals surface area contributed by atoms with Gasteiger partial charge in [-0.3, -0.25) is 15.0 Å². The van der Waals surface area contributed by atoms with Crippen LogP contribution >= 0.6 is 0 Å². The fraction of sp³-hybridized carbons (Fsp3) is 0.0870. The topological polar surface area (TPSA) is 114 Å². The molecule has 3 rings (SSSR count). The molecule has 0 spiro atoms. The molecule has 0 fully saturated rings. The number of Topliss-reactive ketones (excluding diaryl/α,β-unsaturated/α-hetero) is 1. The van der Waals surface area contributed by atoms with Gasteiger partial charge in [0.15, 0.2) is 0 Å². The van der Waals surface area contributed by atoms with Crippen molar-refractivity contribution in [3.63, 3.8) is 0 Å². The highest BCUT2D eigenvalue weighted by molar-refractivity contribution is 8.08. The molecule has 0 aliphatic rings. The van der Waals surface area contributed by atoms with E-state index < -0.39 is 20.7 Å². The van der Waals surface area contributed by atoms with Crippen molar-refractivity contribution < 1.29 is 22.7 Å². The number of hydrogen-bond donors (Lipinski definition) is 2. The lowest BCUT2D eigenvalue weighted by Gasteiger charge is -2.10. The Morgan fingerprint density at radius 1 is 0.844 bits per heavy atom. The summed E-state index contributed by atoms with van der Waals surface area (Å²) in [5, 5.41) is 5.87. The molecule has 3 aromatic carbocycles. The number of rotatable bonds is 7. The second-order valence-corrected chi connectivity index (χ2v) is 8.53. The number of sulfone groups is 1. The van der Waals surface area contributed by atoms with Crippen LogP contribution in [-0.4, -0.2) is 32.3 Å². The van der Waals surface area contributed by atoms with Gasteiger partial charge in [0, 0.05) is 18.2 Å². The average Bonchev–Trinajstić information content (AvgIpc) is 2.80. The Morgan fingerprint density at radius 3 is 2.00 bits per heavy atom. The van der Waals surface area contributed by atoms with Crippen LogP contribution in [0.4, 0.5) is 11.4 Å². The number of ketones is 1. The number of amides is 1. The zero-order valence-electron chi connectivity index (χ0n) is 17.4. The Morgan fingerprint density at radius 2 is 1.44 bits per heavy atom. The lowest BCUT2D eigenvalue weighted by atomic mass is 10.1. The first-order valence-corrected chi connectivity index (χ1v) is 11.0. The number of hydrazone groups is 1. The molecule has 164 valence electrons. The summed E-state index contributed by atoms with van der Waals surface area (Å²) in [4.78, 5) is 24.1. The molecular formula is C23H21N3O5S. The molecule has 9 heteroatoms. The van der Waals surface area contributed by atoms with Gasteiger partial charge in [-0.1, -0.05) is 30.3 Å². The van der Waals surface area contributed by atoms with E-state index in [9.17, 15) is 18.0 Å². The van der Waals surface area contributed by atoms with E-state index in [2.05, 4.69) is 15.8 Å². The van der Waals surface area contributed by atoms with Crippen LogP contribution in [0.25, 0.3) is 0 Å². The van der Waals surface area contributed by atoms with Gasteiger partial charge in [-0.15, -0.1) is 0 Å². The largest absolute Gasteiger partial charge is 0.497 e. The minimum absolute atomic E-state index is 0.133. The molecule has 0 aliphatic heterocycles. The molecule has 0 saturated heterocycles. The normalized spacial score (nSPS) is 11.5. The van der Waals surface area contributed by atoms with Crippen molar-refractivity contribution in [1.29, 1.82) is 0 Å². The maximum Gasteiger partial charge on any atom is 0.229 e. The minimum atomic E-state index is -4.28. The van der Waals surface area contributed by atoms with Gasteiger partial charge in [0.1, 0.15) is 5.75 Å².